The maximum Gasteiger partial charge on any atom is 0.250 e. The highest BCUT2D eigenvalue weighted by Gasteiger charge is 2.11. The Kier molecular flexibility index (Phi) is 7.54. The Morgan fingerprint density at radius 1 is 1.30 bits per heavy atom. The number of amides is 1. The minimum absolute atomic E-state index is 0.124. The van der Waals surface area contributed by atoms with Crippen molar-refractivity contribution in [2.24, 2.45) is 0 Å². The van der Waals surface area contributed by atoms with Crippen LogP contribution in [0.5, 0.6) is 0 Å². The first-order valence-corrected chi connectivity index (χ1v) is 10.9. The fraction of sp³-hybridized carbons (Fsp3) is 0.158. The summed E-state index contributed by atoms with van der Waals surface area (Å²) in [6, 6.07) is 8.63. The molecule has 0 unspecified atom stereocenters. The lowest BCUT2D eigenvalue weighted by Gasteiger charge is -2.11. The molecule has 0 spiro atoms. The summed E-state index contributed by atoms with van der Waals surface area (Å²) in [6.45, 7) is 3.79. The number of aryl methyl sites for hydroxylation is 1. The van der Waals surface area contributed by atoms with Gasteiger partial charge < -0.3 is 4.42 Å². The zero-order chi connectivity index (χ0) is 21.7. The van der Waals surface area contributed by atoms with Gasteiger partial charge in [-0.3, -0.25) is 15.5 Å². The van der Waals surface area contributed by atoms with E-state index in [2.05, 4.69) is 20.9 Å². The molecule has 11 heteroatoms. The van der Waals surface area contributed by atoms with Crippen LogP contribution in [0.25, 0.3) is 17.4 Å². The molecule has 0 bridgehead atoms. The molecule has 1 amide bonds. The Morgan fingerprint density at radius 2 is 2.10 bits per heavy atom. The summed E-state index contributed by atoms with van der Waals surface area (Å²) in [7, 11) is 0. The highest BCUT2D eigenvalue weighted by Crippen LogP contribution is 2.31. The normalized spacial score (nSPS) is 11.1. The van der Waals surface area contributed by atoms with Gasteiger partial charge in [0.05, 0.1) is 5.02 Å². The van der Waals surface area contributed by atoms with Crippen LogP contribution in [0.3, 0.4) is 0 Å². The van der Waals surface area contributed by atoms with Gasteiger partial charge in [-0.25, -0.2) is 4.68 Å². The molecule has 0 saturated carbocycles. The van der Waals surface area contributed by atoms with Crippen molar-refractivity contribution in [3.8, 4) is 11.3 Å². The maximum atomic E-state index is 12.2. The van der Waals surface area contributed by atoms with E-state index in [0.29, 0.717) is 38.1 Å². The predicted molar refractivity (Wildman–Crippen MR) is 124 cm³/mol. The molecule has 7 nitrogen and oxygen atoms in total. The molecule has 30 heavy (non-hydrogen) atoms. The lowest BCUT2D eigenvalue weighted by molar-refractivity contribution is -0.115. The predicted octanol–water partition coefficient (Wildman–Crippen LogP) is 4.92. The second-order valence-corrected chi connectivity index (χ2v) is 8.37. The number of thioether (sulfide) groups is 1. The van der Waals surface area contributed by atoms with Crippen LogP contribution < -0.4 is 10.7 Å². The average molecular weight is 482 g/mol. The fourth-order valence-electron chi connectivity index (χ4n) is 2.41. The van der Waals surface area contributed by atoms with Gasteiger partial charge in [0.1, 0.15) is 17.3 Å². The minimum atomic E-state index is -0.412. The van der Waals surface area contributed by atoms with Crippen molar-refractivity contribution in [1.82, 2.24) is 20.2 Å². The van der Waals surface area contributed by atoms with Crippen molar-refractivity contribution in [2.45, 2.75) is 19.0 Å². The summed E-state index contributed by atoms with van der Waals surface area (Å²) < 4.78 is 7.34. The number of aromatic nitrogens is 3. The molecule has 1 aromatic carbocycles. The van der Waals surface area contributed by atoms with Crippen LogP contribution in [-0.4, -0.2) is 31.6 Å². The Morgan fingerprint density at radius 3 is 2.83 bits per heavy atom. The van der Waals surface area contributed by atoms with Crippen LogP contribution in [0.4, 0.5) is 0 Å². The third kappa shape index (κ3) is 5.63. The van der Waals surface area contributed by atoms with E-state index in [9.17, 15) is 4.79 Å². The van der Waals surface area contributed by atoms with E-state index < -0.39 is 5.91 Å². The van der Waals surface area contributed by atoms with Gasteiger partial charge in [0, 0.05) is 16.7 Å². The molecular formula is C19H17Cl2N5O2S2. The molecule has 2 aromatic heterocycles. The van der Waals surface area contributed by atoms with Gasteiger partial charge in [-0.2, -0.15) is 0 Å². The Hall–Kier alpha value is -2.33. The lowest BCUT2D eigenvalue weighted by atomic mass is 10.2. The number of nitrogens with zero attached hydrogens (tertiary/aromatic N) is 3. The highest BCUT2D eigenvalue weighted by atomic mass is 35.5. The highest BCUT2D eigenvalue weighted by molar-refractivity contribution is 7.99. The number of carbonyl (C=O) groups excluding carboxylic acids is 1. The van der Waals surface area contributed by atoms with Gasteiger partial charge in [0.25, 0.3) is 0 Å². The molecule has 156 valence electrons. The van der Waals surface area contributed by atoms with Crippen LogP contribution in [0.2, 0.25) is 10.0 Å². The number of halogens is 2. The van der Waals surface area contributed by atoms with E-state index in [1.807, 2.05) is 6.92 Å². The van der Waals surface area contributed by atoms with E-state index >= 15 is 0 Å². The number of nitrogens with one attached hydrogen (secondary N) is 2. The molecular weight excluding hydrogens is 465 g/mol. The largest absolute Gasteiger partial charge is 0.457 e. The topological polar surface area (TPSA) is 85.0 Å². The molecule has 0 fully saturated rings. The fourth-order valence-corrected chi connectivity index (χ4v) is 3.77. The van der Waals surface area contributed by atoms with Crippen molar-refractivity contribution in [1.29, 1.82) is 0 Å². The Labute approximate surface area is 192 Å². The van der Waals surface area contributed by atoms with E-state index in [1.54, 1.807) is 41.9 Å². The molecule has 0 radical (unpaired) electrons. The Balaban J connectivity index is 1.61. The second-order valence-electron chi connectivity index (χ2n) is 5.89. The van der Waals surface area contributed by atoms with E-state index in [1.165, 1.54) is 23.9 Å². The van der Waals surface area contributed by atoms with Gasteiger partial charge in [0.2, 0.25) is 11.1 Å². The zero-order valence-electron chi connectivity index (χ0n) is 16.0. The van der Waals surface area contributed by atoms with Crippen LogP contribution in [0.15, 0.2) is 46.0 Å². The summed E-state index contributed by atoms with van der Waals surface area (Å²) in [6.07, 6.45) is 2.86. The minimum Gasteiger partial charge on any atom is -0.457 e. The third-order valence-corrected chi connectivity index (χ3v) is 5.29. The van der Waals surface area contributed by atoms with Gasteiger partial charge in [-0.1, -0.05) is 41.9 Å². The quantitative estimate of drug-likeness (QED) is 0.293. The second kappa shape index (κ2) is 10.1. The van der Waals surface area contributed by atoms with E-state index in [-0.39, 0.29) is 5.11 Å². The molecule has 0 aliphatic carbocycles. The summed E-state index contributed by atoms with van der Waals surface area (Å²) in [5, 5.41) is 12.4. The number of rotatable bonds is 6. The summed E-state index contributed by atoms with van der Waals surface area (Å²) in [5.74, 6) is 2.10. The Bertz CT molecular complexity index is 1110. The van der Waals surface area contributed by atoms with Crippen LogP contribution in [0, 0.1) is 6.92 Å². The van der Waals surface area contributed by atoms with Crippen molar-refractivity contribution in [3.63, 3.8) is 0 Å². The molecule has 2 N–H and O–H groups in total. The monoisotopic (exact) mass is 481 g/mol. The number of thiocarbonyl (C=S) groups is 1. The van der Waals surface area contributed by atoms with Crippen LogP contribution in [0.1, 0.15) is 18.5 Å². The molecule has 2 heterocycles. The van der Waals surface area contributed by atoms with Gasteiger partial charge in [-0.05, 0) is 61.3 Å². The molecule has 3 aromatic rings. The smallest absolute Gasteiger partial charge is 0.250 e. The first kappa shape index (κ1) is 22.4. The SMILES string of the molecule is CCSc1nnc(C)n1NC(=S)NC(=O)C=Cc1ccc(-c2ccc(Cl)cc2Cl)o1. The van der Waals surface area contributed by atoms with Gasteiger partial charge in [0.15, 0.2) is 5.11 Å². The van der Waals surface area contributed by atoms with Crippen LogP contribution >= 0.6 is 47.2 Å². The first-order valence-electron chi connectivity index (χ1n) is 8.77. The molecule has 0 aliphatic heterocycles. The van der Waals surface area contributed by atoms with E-state index in [0.717, 1.165) is 5.75 Å². The first-order chi connectivity index (χ1) is 14.4. The van der Waals surface area contributed by atoms with Crippen molar-refractivity contribution < 1.29 is 9.21 Å². The number of hydrogen-bond donors (Lipinski definition) is 2. The summed E-state index contributed by atoms with van der Waals surface area (Å²) in [4.78, 5) is 12.2. The lowest BCUT2D eigenvalue weighted by Crippen LogP contribution is -2.37. The molecule has 0 saturated heterocycles. The molecule has 3 rings (SSSR count). The standard InChI is InChI=1S/C19H17Cl2N5O2S2/c1-3-30-19-24-23-11(2)26(19)25-18(29)22-17(27)9-6-13-5-8-16(28-13)14-7-4-12(20)10-15(14)21/h4-10H,3H2,1-2H3,(H2,22,25,27,29). The van der Waals surface area contributed by atoms with Gasteiger partial charge in [-0.15, -0.1) is 10.2 Å². The van der Waals surface area contributed by atoms with E-state index in [4.69, 9.17) is 39.8 Å². The van der Waals surface area contributed by atoms with Crippen molar-refractivity contribution in [3.05, 3.63) is 58.0 Å². The van der Waals surface area contributed by atoms with Crippen molar-refractivity contribution >= 4 is 64.3 Å². The van der Waals surface area contributed by atoms with Crippen molar-refractivity contribution in [2.75, 3.05) is 11.2 Å². The number of benzene rings is 1. The molecule has 0 aliphatic rings. The summed E-state index contributed by atoms with van der Waals surface area (Å²) in [5.41, 5.74) is 3.61. The number of carbonyl (C=O) groups is 1. The zero-order valence-corrected chi connectivity index (χ0v) is 19.1. The number of furan rings is 1. The third-order valence-electron chi connectivity index (χ3n) is 3.74. The average Bonchev–Trinajstić information content (AvgIpc) is 3.29. The van der Waals surface area contributed by atoms with Crippen LogP contribution in [-0.2, 0) is 4.79 Å². The van der Waals surface area contributed by atoms with Gasteiger partial charge >= 0.3 is 0 Å². The molecule has 0 atom stereocenters. The maximum absolute atomic E-state index is 12.2. The number of hydrogen-bond acceptors (Lipinski definition) is 6. The summed E-state index contributed by atoms with van der Waals surface area (Å²) >= 11 is 18.8.